The lowest BCUT2D eigenvalue weighted by molar-refractivity contribution is 0.488. The Labute approximate surface area is 110 Å². The van der Waals surface area contributed by atoms with Gasteiger partial charge >= 0.3 is 0 Å². The van der Waals surface area contributed by atoms with Gasteiger partial charge in [-0.2, -0.15) is 0 Å². The summed E-state index contributed by atoms with van der Waals surface area (Å²) >= 11 is 5.84. The van der Waals surface area contributed by atoms with E-state index in [2.05, 4.69) is 11.2 Å². The van der Waals surface area contributed by atoms with E-state index >= 15 is 0 Å². The van der Waals surface area contributed by atoms with E-state index in [-0.39, 0.29) is 0 Å². The predicted octanol–water partition coefficient (Wildman–Crippen LogP) is 4.48. The van der Waals surface area contributed by atoms with Crippen molar-refractivity contribution in [1.29, 1.82) is 0 Å². The van der Waals surface area contributed by atoms with E-state index in [1.807, 2.05) is 36.4 Å². The fraction of sp³-hybridized carbons (Fsp3) is 0. The molecule has 18 heavy (non-hydrogen) atoms. The zero-order chi connectivity index (χ0) is 12.4. The third kappa shape index (κ3) is 2.15. The maximum absolute atomic E-state index is 5.84. The molecule has 0 N–H and O–H groups in total. The number of halogens is 1. The second-order valence-electron chi connectivity index (χ2n) is 3.82. The molecule has 3 heteroatoms. The highest BCUT2D eigenvalue weighted by molar-refractivity contribution is 6.30. The number of ether oxygens (including phenoxy) is 1. The SMILES string of the molecule is Clc1ccc(Oc2cccc3n[c]ccc23)cc1. The van der Waals surface area contributed by atoms with Gasteiger partial charge in [0, 0.05) is 10.4 Å². The molecule has 2 nitrogen and oxygen atoms in total. The molecule has 2 aromatic carbocycles. The van der Waals surface area contributed by atoms with Crippen molar-refractivity contribution >= 4 is 22.5 Å². The molecule has 0 saturated carbocycles. The number of rotatable bonds is 2. The summed E-state index contributed by atoms with van der Waals surface area (Å²) in [7, 11) is 0. The maximum Gasteiger partial charge on any atom is 0.136 e. The zero-order valence-electron chi connectivity index (χ0n) is 9.43. The molecular weight excluding hydrogens is 246 g/mol. The van der Waals surface area contributed by atoms with E-state index in [1.54, 1.807) is 18.2 Å². The molecule has 0 fully saturated rings. The molecule has 0 unspecified atom stereocenters. The molecule has 0 bridgehead atoms. The van der Waals surface area contributed by atoms with Crippen molar-refractivity contribution in [2.24, 2.45) is 0 Å². The first-order valence-corrected chi connectivity index (χ1v) is 5.90. The van der Waals surface area contributed by atoms with Crippen LogP contribution in [0.4, 0.5) is 0 Å². The van der Waals surface area contributed by atoms with Gasteiger partial charge in [-0.15, -0.1) is 0 Å². The topological polar surface area (TPSA) is 22.1 Å². The minimum absolute atomic E-state index is 0.691. The molecule has 1 heterocycles. The second kappa shape index (κ2) is 4.67. The van der Waals surface area contributed by atoms with Crippen LogP contribution in [0.15, 0.2) is 54.6 Å². The summed E-state index contributed by atoms with van der Waals surface area (Å²) in [6.45, 7) is 0. The van der Waals surface area contributed by atoms with Crippen LogP contribution in [0.25, 0.3) is 10.9 Å². The van der Waals surface area contributed by atoms with Crippen LogP contribution in [0, 0.1) is 6.20 Å². The molecule has 0 spiro atoms. The predicted molar refractivity (Wildman–Crippen MR) is 72.1 cm³/mol. The minimum atomic E-state index is 0.691. The first-order chi connectivity index (χ1) is 8.83. The van der Waals surface area contributed by atoms with E-state index in [0.29, 0.717) is 5.02 Å². The van der Waals surface area contributed by atoms with Crippen molar-refractivity contribution in [3.8, 4) is 11.5 Å². The van der Waals surface area contributed by atoms with Gasteiger partial charge in [-0.25, -0.2) is 4.98 Å². The Hall–Kier alpha value is -2.06. The Kier molecular flexibility index (Phi) is 2.87. The van der Waals surface area contributed by atoms with E-state index in [0.717, 1.165) is 22.4 Å². The highest BCUT2D eigenvalue weighted by atomic mass is 35.5. The van der Waals surface area contributed by atoms with Crippen LogP contribution < -0.4 is 4.74 Å². The fourth-order valence-electron chi connectivity index (χ4n) is 1.74. The monoisotopic (exact) mass is 254 g/mol. The van der Waals surface area contributed by atoms with Crippen molar-refractivity contribution < 1.29 is 4.74 Å². The minimum Gasteiger partial charge on any atom is -0.457 e. The first kappa shape index (κ1) is 11.1. The number of benzene rings is 2. The number of hydrogen-bond donors (Lipinski definition) is 0. The highest BCUT2D eigenvalue weighted by Gasteiger charge is 2.03. The summed E-state index contributed by atoms with van der Waals surface area (Å²) in [5.41, 5.74) is 0.865. The second-order valence-corrected chi connectivity index (χ2v) is 4.26. The Morgan fingerprint density at radius 1 is 1.00 bits per heavy atom. The quantitative estimate of drug-likeness (QED) is 0.673. The van der Waals surface area contributed by atoms with Crippen LogP contribution in [0.2, 0.25) is 5.02 Å². The molecule has 1 radical (unpaired) electrons. The van der Waals surface area contributed by atoms with Crippen LogP contribution in [0.1, 0.15) is 0 Å². The third-order valence-corrected chi connectivity index (χ3v) is 2.85. The van der Waals surface area contributed by atoms with Crippen molar-refractivity contribution in [2.75, 3.05) is 0 Å². The van der Waals surface area contributed by atoms with Gasteiger partial charge in [-0.1, -0.05) is 17.7 Å². The largest absolute Gasteiger partial charge is 0.457 e. The van der Waals surface area contributed by atoms with Gasteiger partial charge in [0.2, 0.25) is 0 Å². The average Bonchev–Trinajstić information content (AvgIpc) is 2.42. The molecule has 0 aliphatic heterocycles. The molecule has 0 saturated heterocycles. The van der Waals surface area contributed by atoms with Gasteiger partial charge < -0.3 is 4.74 Å². The van der Waals surface area contributed by atoms with Gasteiger partial charge in [0.25, 0.3) is 0 Å². The summed E-state index contributed by atoms with van der Waals surface area (Å²) < 4.78 is 5.83. The Bertz CT molecular complexity index is 674. The maximum atomic E-state index is 5.84. The lowest BCUT2D eigenvalue weighted by atomic mass is 10.2. The summed E-state index contributed by atoms with van der Waals surface area (Å²) in [5, 5.41) is 1.66. The number of aromatic nitrogens is 1. The molecule has 0 amide bonds. The van der Waals surface area contributed by atoms with Gasteiger partial charge in [-0.3, -0.25) is 0 Å². The Morgan fingerprint density at radius 2 is 1.83 bits per heavy atom. The van der Waals surface area contributed by atoms with Gasteiger partial charge in [-0.05, 0) is 48.5 Å². The molecule has 3 aromatic rings. The summed E-state index contributed by atoms with van der Waals surface area (Å²) in [6.07, 6.45) is 2.81. The number of fused-ring (bicyclic) bond motifs is 1. The van der Waals surface area contributed by atoms with Crippen molar-refractivity contribution in [1.82, 2.24) is 4.98 Å². The number of nitrogens with zero attached hydrogens (tertiary/aromatic N) is 1. The van der Waals surface area contributed by atoms with Crippen LogP contribution in [0.5, 0.6) is 11.5 Å². The smallest absolute Gasteiger partial charge is 0.136 e. The average molecular weight is 255 g/mol. The normalized spacial score (nSPS) is 10.5. The van der Waals surface area contributed by atoms with Crippen molar-refractivity contribution in [3.63, 3.8) is 0 Å². The van der Waals surface area contributed by atoms with Crippen LogP contribution in [0.3, 0.4) is 0 Å². The molecular formula is C15H9ClNO. The van der Waals surface area contributed by atoms with Crippen molar-refractivity contribution in [2.45, 2.75) is 0 Å². The van der Waals surface area contributed by atoms with E-state index in [1.165, 1.54) is 0 Å². The number of hydrogen-bond acceptors (Lipinski definition) is 2. The molecule has 1 aromatic heterocycles. The lowest BCUT2D eigenvalue weighted by Crippen LogP contribution is -1.86. The van der Waals surface area contributed by atoms with Gasteiger partial charge in [0.1, 0.15) is 11.5 Å². The van der Waals surface area contributed by atoms with Crippen LogP contribution >= 0.6 is 11.6 Å². The molecule has 87 valence electrons. The summed E-state index contributed by atoms with van der Waals surface area (Å²) in [5.74, 6) is 1.52. The van der Waals surface area contributed by atoms with Crippen molar-refractivity contribution in [3.05, 3.63) is 65.8 Å². The molecule has 0 aliphatic carbocycles. The Morgan fingerprint density at radius 3 is 2.67 bits per heavy atom. The van der Waals surface area contributed by atoms with E-state index < -0.39 is 0 Å². The van der Waals surface area contributed by atoms with Crippen LogP contribution in [-0.2, 0) is 0 Å². The molecule has 0 atom stereocenters. The van der Waals surface area contributed by atoms with Gasteiger partial charge in [0.05, 0.1) is 11.7 Å². The molecule has 3 rings (SSSR count). The van der Waals surface area contributed by atoms with E-state index in [9.17, 15) is 0 Å². The highest BCUT2D eigenvalue weighted by Crippen LogP contribution is 2.29. The summed E-state index contributed by atoms with van der Waals surface area (Å²) in [4.78, 5) is 4.17. The van der Waals surface area contributed by atoms with Gasteiger partial charge in [0.15, 0.2) is 0 Å². The lowest BCUT2D eigenvalue weighted by Gasteiger charge is -2.08. The van der Waals surface area contributed by atoms with E-state index in [4.69, 9.17) is 16.3 Å². The zero-order valence-corrected chi connectivity index (χ0v) is 10.2. The Balaban J connectivity index is 2.02. The van der Waals surface area contributed by atoms with Crippen LogP contribution in [-0.4, -0.2) is 4.98 Å². The molecule has 0 aliphatic rings. The first-order valence-electron chi connectivity index (χ1n) is 5.52. The fourth-order valence-corrected chi connectivity index (χ4v) is 1.87. The summed E-state index contributed by atoms with van der Waals surface area (Å²) in [6, 6.07) is 16.7. The number of pyridine rings is 1. The third-order valence-electron chi connectivity index (χ3n) is 2.59. The standard InChI is InChI=1S/C15H9ClNO/c16-11-6-8-12(9-7-11)18-15-5-1-4-14-13(15)3-2-10-17-14/h1-9H.